The van der Waals surface area contributed by atoms with Gasteiger partial charge in [-0.3, -0.25) is 0 Å². The van der Waals surface area contributed by atoms with Crippen LogP contribution in [0.4, 0.5) is 4.39 Å². The largest absolute Gasteiger partial charge is 0.330 e. The summed E-state index contributed by atoms with van der Waals surface area (Å²) in [7, 11) is 0. The van der Waals surface area contributed by atoms with E-state index in [1.807, 2.05) is 6.07 Å². The minimum Gasteiger partial charge on any atom is -0.330 e. The number of halogens is 1. The highest BCUT2D eigenvalue weighted by Gasteiger charge is 2.17. The van der Waals surface area contributed by atoms with Crippen LogP contribution in [0, 0.1) is 10.6 Å². The molecule has 3 nitrogen and oxygen atoms in total. The average Bonchev–Trinajstić information content (AvgIpc) is 2.74. The van der Waals surface area contributed by atoms with Crippen molar-refractivity contribution in [1.82, 2.24) is 14.5 Å². The summed E-state index contributed by atoms with van der Waals surface area (Å²) in [5, 5.41) is 0. The normalized spacial score (nSPS) is 18.5. The van der Waals surface area contributed by atoms with Crippen molar-refractivity contribution in [3.63, 3.8) is 0 Å². The highest BCUT2D eigenvalue weighted by atomic mass is 32.1. The summed E-state index contributed by atoms with van der Waals surface area (Å²) in [6, 6.07) is 5.10. The van der Waals surface area contributed by atoms with Gasteiger partial charge in [-0.05, 0) is 63.3 Å². The number of aromatic amines is 1. The Bertz CT molecular complexity index is 655. The standard InChI is InChI=1S/C15H20FN3S/c1-11(10-18-7-3-2-4-8-18)19-14-6-5-12(16)9-13(14)17-15(19)20/h5-6,9,11H,2-4,7-8,10H2,1H3,(H,17,20). The summed E-state index contributed by atoms with van der Waals surface area (Å²) < 4.78 is 16.1. The van der Waals surface area contributed by atoms with Crippen LogP contribution < -0.4 is 0 Å². The fourth-order valence-corrected chi connectivity index (χ4v) is 3.53. The zero-order chi connectivity index (χ0) is 14.1. The molecule has 3 rings (SSSR count). The third-order valence-corrected chi connectivity index (χ3v) is 4.39. The summed E-state index contributed by atoms with van der Waals surface area (Å²) in [5.41, 5.74) is 1.77. The van der Waals surface area contributed by atoms with Crippen LogP contribution in [0.15, 0.2) is 18.2 Å². The van der Waals surface area contributed by atoms with Gasteiger partial charge in [0.25, 0.3) is 0 Å². The second-order valence-corrected chi connectivity index (χ2v) is 6.06. The third-order valence-electron chi connectivity index (χ3n) is 4.09. The first-order valence-electron chi connectivity index (χ1n) is 7.27. The Morgan fingerprint density at radius 1 is 1.30 bits per heavy atom. The maximum absolute atomic E-state index is 13.3. The third kappa shape index (κ3) is 2.65. The van der Waals surface area contributed by atoms with Crippen molar-refractivity contribution in [3.8, 4) is 0 Å². The van der Waals surface area contributed by atoms with Gasteiger partial charge in [-0.25, -0.2) is 4.39 Å². The van der Waals surface area contributed by atoms with Crippen LogP contribution in [0.5, 0.6) is 0 Å². The molecule has 0 saturated carbocycles. The van der Waals surface area contributed by atoms with Gasteiger partial charge in [0, 0.05) is 12.6 Å². The van der Waals surface area contributed by atoms with Crippen molar-refractivity contribution < 1.29 is 4.39 Å². The Morgan fingerprint density at radius 3 is 2.80 bits per heavy atom. The molecule has 1 aromatic heterocycles. The van der Waals surface area contributed by atoms with E-state index >= 15 is 0 Å². The highest BCUT2D eigenvalue weighted by Crippen LogP contribution is 2.21. The van der Waals surface area contributed by atoms with Crippen LogP contribution in [-0.2, 0) is 0 Å². The highest BCUT2D eigenvalue weighted by molar-refractivity contribution is 7.71. The maximum atomic E-state index is 13.3. The lowest BCUT2D eigenvalue weighted by molar-refractivity contribution is 0.202. The number of likely N-dealkylation sites (tertiary alicyclic amines) is 1. The lowest BCUT2D eigenvalue weighted by atomic mass is 10.1. The van der Waals surface area contributed by atoms with Gasteiger partial charge in [0.1, 0.15) is 5.82 Å². The number of aromatic nitrogens is 2. The van der Waals surface area contributed by atoms with Gasteiger partial charge in [-0.15, -0.1) is 0 Å². The van der Waals surface area contributed by atoms with Gasteiger partial charge < -0.3 is 14.5 Å². The molecule has 0 spiro atoms. The molecule has 1 atom stereocenters. The van der Waals surface area contributed by atoms with Crippen LogP contribution >= 0.6 is 12.2 Å². The summed E-state index contributed by atoms with van der Waals surface area (Å²) in [6.45, 7) is 5.53. The molecule has 0 radical (unpaired) electrons. The number of imidazole rings is 1. The first-order chi connectivity index (χ1) is 9.65. The van der Waals surface area contributed by atoms with Gasteiger partial charge in [0.15, 0.2) is 4.77 Å². The molecular formula is C15H20FN3S. The van der Waals surface area contributed by atoms with E-state index in [4.69, 9.17) is 12.2 Å². The number of hydrogen-bond donors (Lipinski definition) is 1. The second-order valence-electron chi connectivity index (χ2n) is 5.67. The number of H-pyrrole nitrogens is 1. The molecule has 1 aromatic carbocycles. The molecule has 1 saturated heterocycles. The van der Waals surface area contributed by atoms with Gasteiger partial charge in [-0.2, -0.15) is 0 Å². The fraction of sp³-hybridized carbons (Fsp3) is 0.533. The quantitative estimate of drug-likeness (QED) is 0.868. The molecule has 1 aliphatic heterocycles. The monoisotopic (exact) mass is 293 g/mol. The zero-order valence-corrected chi connectivity index (χ0v) is 12.5. The van der Waals surface area contributed by atoms with Gasteiger partial charge in [0.05, 0.1) is 11.0 Å². The van der Waals surface area contributed by atoms with Crippen molar-refractivity contribution in [1.29, 1.82) is 0 Å². The molecular weight excluding hydrogens is 273 g/mol. The van der Waals surface area contributed by atoms with E-state index in [9.17, 15) is 4.39 Å². The smallest absolute Gasteiger partial charge is 0.178 e. The minimum atomic E-state index is -0.232. The summed E-state index contributed by atoms with van der Waals surface area (Å²) in [4.78, 5) is 5.60. The maximum Gasteiger partial charge on any atom is 0.178 e. The Hall–Kier alpha value is -1.20. The molecule has 2 aromatic rings. The van der Waals surface area contributed by atoms with E-state index in [0.717, 1.165) is 17.6 Å². The molecule has 2 heterocycles. The van der Waals surface area contributed by atoms with E-state index in [1.165, 1.54) is 44.5 Å². The molecule has 1 N–H and O–H groups in total. The molecule has 5 heteroatoms. The number of nitrogens with one attached hydrogen (secondary N) is 1. The molecule has 1 unspecified atom stereocenters. The van der Waals surface area contributed by atoms with Gasteiger partial charge >= 0.3 is 0 Å². The molecule has 108 valence electrons. The Labute approximate surface area is 123 Å². The molecule has 20 heavy (non-hydrogen) atoms. The fourth-order valence-electron chi connectivity index (χ4n) is 3.14. The van der Waals surface area contributed by atoms with Gasteiger partial charge in [-0.1, -0.05) is 6.42 Å². The summed E-state index contributed by atoms with van der Waals surface area (Å²) in [6.07, 6.45) is 3.92. The van der Waals surface area contributed by atoms with E-state index in [2.05, 4.69) is 21.4 Å². The van der Waals surface area contributed by atoms with Crippen molar-refractivity contribution in [2.24, 2.45) is 0 Å². The van der Waals surface area contributed by atoms with E-state index in [0.29, 0.717) is 10.8 Å². The van der Waals surface area contributed by atoms with Crippen molar-refractivity contribution >= 4 is 23.3 Å². The van der Waals surface area contributed by atoms with E-state index in [1.54, 1.807) is 0 Å². The molecule has 1 aliphatic rings. The lowest BCUT2D eigenvalue weighted by Crippen LogP contribution is -2.34. The predicted molar refractivity (Wildman–Crippen MR) is 82.1 cm³/mol. The SMILES string of the molecule is CC(CN1CCCCC1)n1c(=S)[nH]c2cc(F)ccc21. The number of rotatable bonds is 3. The number of piperidine rings is 1. The predicted octanol–water partition coefficient (Wildman–Crippen LogP) is 3.88. The van der Waals surface area contributed by atoms with Crippen LogP contribution in [-0.4, -0.2) is 34.1 Å². The number of nitrogens with zero attached hydrogens (tertiary/aromatic N) is 2. The summed E-state index contributed by atoms with van der Waals surface area (Å²) in [5.74, 6) is -0.232. The molecule has 1 fully saturated rings. The Kier molecular flexibility index (Phi) is 3.89. The minimum absolute atomic E-state index is 0.232. The Balaban J connectivity index is 1.88. The second kappa shape index (κ2) is 5.66. The number of hydrogen-bond acceptors (Lipinski definition) is 2. The number of benzene rings is 1. The summed E-state index contributed by atoms with van der Waals surface area (Å²) >= 11 is 5.41. The zero-order valence-electron chi connectivity index (χ0n) is 11.7. The van der Waals surface area contributed by atoms with Crippen molar-refractivity contribution in [3.05, 3.63) is 28.8 Å². The van der Waals surface area contributed by atoms with Crippen LogP contribution in [0.1, 0.15) is 32.2 Å². The van der Waals surface area contributed by atoms with E-state index in [-0.39, 0.29) is 5.82 Å². The molecule has 0 aliphatic carbocycles. The van der Waals surface area contributed by atoms with Crippen LogP contribution in [0.25, 0.3) is 11.0 Å². The van der Waals surface area contributed by atoms with Crippen LogP contribution in [0.3, 0.4) is 0 Å². The number of fused-ring (bicyclic) bond motifs is 1. The Morgan fingerprint density at radius 2 is 2.05 bits per heavy atom. The van der Waals surface area contributed by atoms with Crippen molar-refractivity contribution in [2.75, 3.05) is 19.6 Å². The van der Waals surface area contributed by atoms with Crippen molar-refractivity contribution in [2.45, 2.75) is 32.2 Å². The topological polar surface area (TPSA) is 24.0 Å². The lowest BCUT2D eigenvalue weighted by Gasteiger charge is -2.29. The van der Waals surface area contributed by atoms with E-state index < -0.39 is 0 Å². The average molecular weight is 293 g/mol. The molecule has 0 bridgehead atoms. The first kappa shape index (κ1) is 13.8. The first-order valence-corrected chi connectivity index (χ1v) is 7.68. The molecule has 0 amide bonds. The van der Waals surface area contributed by atoms with Gasteiger partial charge in [0.2, 0.25) is 0 Å². The van der Waals surface area contributed by atoms with Crippen LogP contribution in [0.2, 0.25) is 0 Å².